The summed E-state index contributed by atoms with van der Waals surface area (Å²) in [5.74, 6) is -0.254. The molecule has 2 aromatic rings. The van der Waals surface area contributed by atoms with Crippen molar-refractivity contribution < 1.29 is 9.53 Å². The maximum Gasteiger partial charge on any atom is 0.332 e. The fourth-order valence-corrected chi connectivity index (χ4v) is 3.22. The molecule has 1 aromatic heterocycles. The molecule has 4 heteroatoms. The van der Waals surface area contributed by atoms with Crippen molar-refractivity contribution in [3.05, 3.63) is 34.8 Å². The molecule has 1 aliphatic heterocycles. The number of carbonyl (C=O) groups excluding carboxylic acids is 1. The van der Waals surface area contributed by atoms with E-state index in [9.17, 15) is 4.79 Å². The molecule has 4 nitrogen and oxygen atoms in total. The van der Waals surface area contributed by atoms with Gasteiger partial charge in [-0.05, 0) is 25.5 Å². The molecule has 1 N–H and O–H groups in total. The molecule has 0 spiro atoms. The van der Waals surface area contributed by atoms with Crippen LogP contribution in [-0.4, -0.2) is 23.7 Å². The van der Waals surface area contributed by atoms with E-state index in [1.165, 1.54) is 23.4 Å². The summed E-state index contributed by atoms with van der Waals surface area (Å²) in [6.07, 6.45) is 4.28. The monoisotopic (exact) mass is 298 g/mol. The fourth-order valence-electron chi connectivity index (χ4n) is 3.22. The zero-order valence-corrected chi connectivity index (χ0v) is 13.3. The molecular formula is C18H22N2O2. The third-order valence-electron chi connectivity index (χ3n) is 4.26. The zero-order valence-electron chi connectivity index (χ0n) is 13.3. The summed E-state index contributed by atoms with van der Waals surface area (Å²) in [6.45, 7) is 5.22. The van der Waals surface area contributed by atoms with Gasteiger partial charge in [0.1, 0.15) is 6.04 Å². The zero-order chi connectivity index (χ0) is 15.7. The van der Waals surface area contributed by atoms with Crippen molar-refractivity contribution in [3.8, 4) is 0 Å². The highest BCUT2D eigenvalue weighted by Gasteiger charge is 2.22. The van der Waals surface area contributed by atoms with E-state index in [1.807, 2.05) is 19.1 Å². The highest BCUT2D eigenvalue weighted by atomic mass is 16.5. The number of nitrogens with zero attached hydrogens (tertiary/aromatic N) is 1. The second kappa shape index (κ2) is 5.87. The molecule has 116 valence electrons. The lowest BCUT2D eigenvalue weighted by Crippen LogP contribution is -2.47. The molecule has 3 rings (SSSR count). The Morgan fingerprint density at radius 1 is 1.36 bits per heavy atom. The number of methoxy groups -OCH3 is 1. The van der Waals surface area contributed by atoms with Crippen LogP contribution < -0.4 is 15.9 Å². The van der Waals surface area contributed by atoms with E-state index >= 15 is 0 Å². The third kappa shape index (κ3) is 2.28. The second-order valence-corrected chi connectivity index (χ2v) is 5.72. The van der Waals surface area contributed by atoms with Crippen LogP contribution in [0.1, 0.15) is 26.7 Å². The lowest BCUT2D eigenvalue weighted by atomic mass is 10.1. The number of aromatic nitrogens is 1. The van der Waals surface area contributed by atoms with Crippen LogP contribution in [0.15, 0.2) is 24.3 Å². The molecule has 1 unspecified atom stereocenters. The van der Waals surface area contributed by atoms with E-state index in [0.717, 1.165) is 30.3 Å². The summed E-state index contributed by atoms with van der Waals surface area (Å²) in [6, 6.07) is 7.97. The Kier molecular flexibility index (Phi) is 3.92. The summed E-state index contributed by atoms with van der Waals surface area (Å²) in [7, 11) is 1.42. The average Bonchev–Trinajstić information content (AvgIpc) is 2.86. The van der Waals surface area contributed by atoms with Crippen molar-refractivity contribution in [1.29, 1.82) is 0 Å². The Balaban J connectivity index is 2.30. The van der Waals surface area contributed by atoms with E-state index in [-0.39, 0.29) is 5.97 Å². The third-order valence-corrected chi connectivity index (χ3v) is 4.26. The smallest absolute Gasteiger partial charge is 0.332 e. The summed E-state index contributed by atoms with van der Waals surface area (Å²) in [5.41, 5.74) is 2.25. The molecule has 22 heavy (non-hydrogen) atoms. The molecular weight excluding hydrogens is 276 g/mol. The molecule has 0 amide bonds. The standard InChI is InChI=1S/C18H22N2O2/c1-4-5-10-20-16-9-7-6-8-13(16)14-11-15(18(21)22-3)19-12(2)17(14)20/h6-9,11,15,19H,4-5,10H2,1-3H3. The van der Waals surface area contributed by atoms with Crippen molar-refractivity contribution in [2.45, 2.75) is 39.3 Å². The number of unbranched alkanes of at least 4 members (excludes halogenated alkanes) is 1. The molecule has 2 heterocycles. The van der Waals surface area contributed by atoms with E-state index in [4.69, 9.17) is 4.74 Å². The lowest BCUT2D eigenvalue weighted by molar-refractivity contribution is -0.141. The molecule has 0 saturated carbocycles. The van der Waals surface area contributed by atoms with Crippen molar-refractivity contribution in [3.63, 3.8) is 0 Å². The Bertz CT molecular complexity index is 833. The topological polar surface area (TPSA) is 43.3 Å². The number of ether oxygens (including phenoxy) is 1. The van der Waals surface area contributed by atoms with Crippen LogP contribution in [0.3, 0.4) is 0 Å². The second-order valence-electron chi connectivity index (χ2n) is 5.72. The van der Waals surface area contributed by atoms with Gasteiger partial charge in [-0.25, -0.2) is 4.79 Å². The molecule has 0 bridgehead atoms. The summed E-state index contributed by atoms with van der Waals surface area (Å²) in [4.78, 5) is 11.9. The van der Waals surface area contributed by atoms with E-state index in [0.29, 0.717) is 0 Å². The van der Waals surface area contributed by atoms with Crippen LogP contribution in [0.4, 0.5) is 0 Å². The van der Waals surface area contributed by atoms with Gasteiger partial charge in [0.25, 0.3) is 0 Å². The van der Waals surface area contributed by atoms with Crippen molar-refractivity contribution in [2.24, 2.45) is 0 Å². The van der Waals surface area contributed by atoms with Gasteiger partial charge in [0.2, 0.25) is 0 Å². The number of carbonyl (C=O) groups is 1. The van der Waals surface area contributed by atoms with Gasteiger partial charge in [-0.3, -0.25) is 0 Å². The highest BCUT2D eigenvalue weighted by Crippen LogP contribution is 2.12. The Hall–Kier alpha value is -2.23. The Morgan fingerprint density at radius 3 is 2.86 bits per heavy atom. The van der Waals surface area contributed by atoms with Crippen molar-refractivity contribution >= 4 is 28.6 Å². The molecule has 0 aliphatic carbocycles. The van der Waals surface area contributed by atoms with Crippen LogP contribution in [0.5, 0.6) is 0 Å². The molecule has 0 radical (unpaired) electrons. The van der Waals surface area contributed by atoms with Crippen LogP contribution in [0.2, 0.25) is 0 Å². The predicted molar refractivity (Wildman–Crippen MR) is 88.6 cm³/mol. The Morgan fingerprint density at radius 2 is 2.14 bits per heavy atom. The number of benzene rings is 1. The van der Waals surface area contributed by atoms with Gasteiger partial charge >= 0.3 is 5.97 Å². The van der Waals surface area contributed by atoms with Gasteiger partial charge < -0.3 is 14.6 Å². The van der Waals surface area contributed by atoms with Gasteiger partial charge in [0.15, 0.2) is 0 Å². The molecule has 0 saturated heterocycles. The fraction of sp³-hybridized carbons (Fsp3) is 0.389. The van der Waals surface area contributed by atoms with E-state index in [1.54, 1.807) is 0 Å². The number of para-hydroxylation sites is 1. The first kappa shape index (κ1) is 14.7. The predicted octanol–water partition coefficient (Wildman–Crippen LogP) is 1.49. The van der Waals surface area contributed by atoms with E-state index < -0.39 is 6.04 Å². The van der Waals surface area contributed by atoms with Crippen molar-refractivity contribution in [1.82, 2.24) is 9.88 Å². The number of hydrogen-bond acceptors (Lipinski definition) is 3. The number of esters is 1. The van der Waals surface area contributed by atoms with Crippen molar-refractivity contribution in [2.75, 3.05) is 7.11 Å². The summed E-state index contributed by atoms with van der Waals surface area (Å²) >= 11 is 0. The van der Waals surface area contributed by atoms with Gasteiger partial charge in [-0.15, -0.1) is 0 Å². The van der Waals surface area contributed by atoms with Gasteiger partial charge in [0, 0.05) is 28.4 Å². The lowest BCUT2D eigenvalue weighted by Gasteiger charge is -2.18. The summed E-state index contributed by atoms with van der Waals surface area (Å²) in [5, 5.41) is 6.79. The number of nitrogens with one attached hydrogen (secondary N) is 1. The molecule has 1 atom stereocenters. The van der Waals surface area contributed by atoms with Gasteiger partial charge in [-0.1, -0.05) is 31.5 Å². The minimum absolute atomic E-state index is 0.254. The normalized spacial score (nSPS) is 16.9. The number of rotatable bonds is 4. The SMILES string of the molecule is CCCCn1c2c(c3ccccc31)=CC(C(=O)OC)NC=2C. The van der Waals surface area contributed by atoms with Crippen LogP contribution >= 0.6 is 0 Å². The first-order chi connectivity index (χ1) is 10.7. The average molecular weight is 298 g/mol. The van der Waals surface area contributed by atoms with Crippen LogP contribution in [-0.2, 0) is 16.1 Å². The van der Waals surface area contributed by atoms with Crippen LogP contribution in [0.25, 0.3) is 22.7 Å². The van der Waals surface area contributed by atoms with Gasteiger partial charge in [0.05, 0.1) is 12.5 Å². The van der Waals surface area contributed by atoms with Gasteiger partial charge in [-0.2, -0.15) is 0 Å². The Labute approximate surface area is 130 Å². The maximum absolute atomic E-state index is 11.9. The first-order valence-electron chi connectivity index (χ1n) is 7.81. The molecule has 1 aromatic carbocycles. The molecule has 1 aliphatic rings. The van der Waals surface area contributed by atoms with E-state index in [2.05, 4.69) is 35.0 Å². The number of hydrogen-bond donors (Lipinski definition) is 1. The number of fused-ring (bicyclic) bond motifs is 3. The minimum atomic E-state index is -0.414. The quantitative estimate of drug-likeness (QED) is 0.870. The minimum Gasteiger partial charge on any atom is -0.467 e. The number of aryl methyl sites for hydroxylation is 1. The highest BCUT2D eigenvalue weighted by molar-refractivity contribution is 5.89. The maximum atomic E-state index is 11.9. The molecule has 0 fully saturated rings. The largest absolute Gasteiger partial charge is 0.467 e. The summed E-state index contributed by atoms with van der Waals surface area (Å²) < 4.78 is 7.25. The first-order valence-corrected chi connectivity index (χ1v) is 7.81. The van der Waals surface area contributed by atoms with Crippen LogP contribution in [0, 0.1) is 0 Å².